The van der Waals surface area contributed by atoms with E-state index in [1.165, 1.54) is 5.56 Å². The Morgan fingerprint density at radius 2 is 1.76 bits per heavy atom. The van der Waals surface area contributed by atoms with Crippen LogP contribution in [0.25, 0.3) is 11.3 Å². The van der Waals surface area contributed by atoms with Crippen LogP contribution in [0.15, 0.2) is 59.1 Å². The van der Waals surface area contributed by atoms with Crippen LogP contribution in [-0.2, 0) is 24.2 Å². The monoisotopic (exact) mass is 392 g/mol. The van der Waals surface area contributed by atoms with E-state index < -0.39 is 0 Å². The highest BCUT2D eigenvalue weighted by Gasteiger charge is 2.09. The minimum atomic E-state index is -0.0291. The number of hydrogen-bond donors (Lipinski definition) is 1. The molecule has 0 unspecified atom stereocenters. The number of nitrogens with one attached hydrogen (secondary N) is 1. The summed E-state index contributed by atoms with van der Waals surface area (Å²) in [5, 5.41) is 2.92. The lowest BCUT2D eigenvalue weighted by molar-refractivity contribution is -0.121. The number of carbonyl (C=O) groups excluding carboxylic acids is 1. The fraction of sp³-hybridized carbons (Fsp3) is 0.333. The number of methoxy groups -OCH3 is 1. The molecule has 1 aromatic heterocycles. The molecule has 5 heteroatoms. The summed E-state index contributed by atoms with van der Waals surface area (Å²) in [5.41, 5.74) is 3.34. The second-order valence-corrected chi connectivity index (χ2v) is 7.54. The highest BCUT2D eigenvalue weighted by molar-refractivity contribution is 5.76. The molecule has 0 radical (unpaired) electrons. The van der Waals surface area contributed by atoms with E-state index in [2.05, 4.69) is 48.4 Å². The van der Waals surface area contributed by atoms with Crippen molar-refractivity contribution in [1.82, 2.24) is 10.3 Å². The lowest BCUT2D eigenvalue weighted by atomic mass is 10.0. The maximum absolute atomic E-state index is 12.1. The molecule has 1 heterocycles. The zero-order chi connectivity index (χ0) is 20.6. The van der Waals surface area contributed by atoms with Gasteiger partial charge in [0.05, 0.1) is 13.3 Å². The van der Waals surface area contributed by atoms with Gasteiger partial charge in [0.1, 0.15) is 5.75 Å². The van der Waals surface area contributed by atoms with Crippen LogP contribution in [0, 0.1) is 5.92 Å². The Morgan fingerprint density at radius 3 is 2.41 bits per heavy atom. The molecule has 0 aliphatic heterocycles. The molecular formula is C24H28N2O3. The fourth-order valence-electron chi connectivity index (χ4n) is 3.09. The summed E-state index contributed by atoms with van der Waals surface area (Å²) in [6.07, 6.45) is 3.60. The quantitative estimate of drug-likeness (QED) is 0.568. The number of carbonyl (C=O) groups is 1. The van der Waals surface area contributed by atoms with E-state index in [-0.39, 0.29) is 5.91 Å². The van der Waals surface area contributed by atoms with Crippen molar-refractivity contribution < 1.29 is 13.9 Å². The maximum Gasteiger partial charge on any atom is 0.220 e. The molecule has 0 spiro atoms. The summed E-state index contributed by atoms with van der Waals surface area (Å²) in [5.74, 6) is 2.71. The summed E-state index contributed by atoms with van der Waals surface area (Å²) >= 11 is 0. The van der Waals surface area contributed by atoms with Crippen molar-refractivity contribution in [3.05, 3.63) is 71.7 Å². The molecule has 152 valence electrons. The van der Waals surface area contributed by atoms with Crippen molar-refractivity contribution in [3.63, 3.8) is 0 Å². The summed E-state index contributed by atoms with van der Waals surface area (Å²) in [6.45, 7) is 4.91. The third-order valence-electron chi connectivity index (χ3n) is 4.65. The Morgan fingerprint density at radius 1 is 1.07 bits per heavy atom. The molecule has 0 saturated heterocycles. The van der Waals surface area contributed by atoms with Crippen molar-refractivity contribution in [2.45, 2.75) is 39.7 Å². The number of ether oxygens (including phenoxy) is 1. The molecule has 0 atom stereocenters. The molecular weight excluding hydrogens is 364 g/mol. The van der Waals surface area contributed by atoms with Crippen molar-refractivity contribution >= 4 is 5.91 Å². The van der Waals surface area contributed by atoms with Crippen molar-refractivity contribution in [3.8, 4) is 17.1 Å². The average molecular weight is 392 g/mol. The molecule has 3 rings (SSSR count). The van der Waals surface area contributed by atoms with E-state index in [1.807, 2.05) is 24.3 Å². The predicted octanol–water partition coefficient (Wildman–Crippen LogP) is 4.80. The molecule has 0 fully saturated rings. The van der Waals surface area contributed by atoms with E-state index in [1.54, 1.807) is 13.3 Å². The van der Waals surface area contributed by atoms with Crippen molar-refractivity contribution in [2.75, 3.05) is 7.11 Å². The van der Waals surface area contributed by atoms with Gasteiger partial charge in [0.25, 0.3) is 0 Å². The van der Waals surface area contributed by atoms with Crippen LogP contribution in [0.2, 0.25) is 0 Å². The first-order valence-electron chi connectivity index (χ1n) is 9.97. The van der Waals surface area contributed by atoms with Gasteiger partial charge in [0, 0.05) is 24.9 Å². The van der Waals surface area contributed by atoms with Crippen LogP contribution in [0.3, 0.4) is 0 Å². The van der Waals surface area contributed by atoms with Gasteiger partial charge in [-0.2, -0.15) is 0 Å². The number of amides is 1. The Labute approximate surface area is 172 Å². The number of aryl methyl sites for hydroxylation is 1. The first kappa shape index (κ1) is 20.6. The van der Waals surface area contributed by atoms with Crippen LogP contribution in [0.4, 0.5) is 0 Å². The van der Waals surface area contributed by atoms with Gasteiger partial charge in [-0.15, -0.1) is 0 Å². The Hall–Kier alpha value is -3.08. The first-order chi connectivity index (χ1) is 14.0. The fourth-order valence-corrected chi connectivity index (χ4v) is 3.09. The second kappa shape index (κ2) is 9.92. The number of benzene rings is 2. The number of nitrogens with zero attached hydrogens (tertiary/aromatic N) is 1. The molecule has 5 nitrogen and oxygen atoms in total. The van der Waals surface area contributed by atoms with E-state index in [0.29, 0.717) is 31.2 Å². The largest absolute Gasteiger partial charge is 0.497 e. The standard InChI is InChI=1S/C24H28N2O3/c1-17(2)14-18-4-8-20(9-5-18)22-16-26-24(29-22)13-12-23(27)25-15-19-6-10-21(28-3)11-7-19/h4-11,16-17H,12-15H2,1-3H3,(H,25,27). The maximum atomic E-state index is 12.1. The van der Waals surface area contributed by atoms with Gasteiger partial charge in [0.15, 0.2) is 11.7 Å². The van der Waals surface area contributed by atoms with Gasteiger partial charge >= 0.3 is 0 Å². The van der Waals surface area contributed by atoms with Crippen LogP contribution in [0.5, 0.6) is 5.75 Å². The zero-order valence-corrected chi connectivity index (χ0v) is 17.3. The molecule has 3 aromatic rings. The van der Waals surface area contributed by atoms with Gasteiger partial charge in [0.2, 0.25) is 5.91 Å². The van der Waals surface area contributed by atoms with E-state index in [0.717, 1.165) is 29.1 Å². The molecule has 0 aliphatic carbocycles. The van der Waals surface area contributed by atoms with Crippen LogP contribution >= 0.6 is 0 Å². The Kier molecular flexibility index (Phi) is 7.06. The summed E-state index contributed by atoms with van der Waals surface area (Å²) in [7, 11) is 1.63. The Bertz CT molecular complexity index is 912. The van der Waals surface area contributed by atoms with E-state index >= 15 is 0 Å². The summed E-state index contributed by atoms with van der Waals surface area (Å²) in [4.78, 5) is 16.4. The van der Waals surface area contributed by atoms with E-state index in [4.69, 9.17) is 9.15 Å². The smallest absolute Gasteiger partial charge is 0.220 e. The third-order valence-corrected chi connectivity index (χ3v) is 4.65. The molecule has 0 bridgehead atoms. The summed E-state index contributed by atoms with van der Waals surface area (Å²) < 4.78 is 11.0. The number of rotatable bonds is 9. The number of aromatic nitrogens is 1. The lowest BCUT2D eigenvalue weighted by Crippen LogP contribution is -2.23. The third kappa shape index (κ3) is 6.21. The van der Waals surface area contributed by atoms with Crippen molar-refractivity contribution in [1.29, 1.82) is 0 Å². The highest BCUT2D eigenvalue weighted by atomic mass is 16.5. The molecule has 1 N–H and O–H groups in total. The van der Waals surface area contributed by atoms with Crippen LogP contribution < -0.4 is 10.1 Å². The van der Waals surface area contributed by atoms with E-state index in [9.17, 15) is 4.79 Å². The highest BCUT2D eigenvalue weighted by Crippen LogP contribution is 2.22. The van der Waals surface area contributed by atoms with Gasteiger partial charge in [-0.3, -0.25) is 4.79 Å². The molecule has 2 aromatic carbocycles. The predicted molar refractivity (Wildman–Crippen MR) is 114 cm³/mol. The first-order valence-corrected chi connectivity index (χ1v) is 9.97. The van der Waals surface area contributed by atoms with Gasteiger partial charge in [-0.1, -0.05) is 50.2 Å². The lowest BCUT2D eigenvalue weighted by Gasteiger charge is -2.06. The molecule has 1 amide bonds. The minimum Gasteiger partial charge on any atom is -0.497 e. The zero-order valence-electron chi connectivity index (χ0n) is 17.3. The van der Waals surface area contributed by atoms with Gasteiger partial charge < -0.3 is 14.5 Å². The van der Waals surface area contributed by atoms with Crippen molar-refractivity contribution in [2.24, 2.45) is 5.92 Å². The Balaban J connectivity index is 1.47. The SMILES string of the molecule is COc1ccc(CNC(=O)CCc2ncc(-c3ccc(CC(C)C)cc3)o2)cc1. The average Bonchev–Trinajstić information content (AvgIpc) is 3.20. The van der Waals surface area contributed by atoms with Gasteiger partial charge in [-0.05, 0) is 35.6 Å². The topological polar surface area (TPSA) is 64.4 Å². The van der Waals surface area contributed by atoms with Crippen LogP contribution in [-0.4, -0.2) is 18.0 Å². The normalized spacial score (nSPS) is 10.9. The molecule has 0 aliphatic rings. The molecule has 29 heavy (non-hydrogen) atoms. The minimum absolute atomic E-state index is 0.0291. The second-order valence-electron chi connectivity index (χ2n) is 7.54. The number of oxazole rings is 1. The van der Waals surface area contributed by atoms with Gasteiger partial charge in [-0.25, -0.2) is 4.98 Å². The number of hydrogen-bond acceptors (Lipinski definition) is 4. The van der Waals surface area contributed by atoms with Crippen LogP contribution in [0.1, 0.15) is 37.3 Å². The molecule has 0 saturated carbocycles. The summed E-state index contributed by atoms with van der Waals surface area (Å²) in [6, 6.07) is 16.0.